The monoisotopic (exact) mass is 237 g/mol. The van der Waals surface area contributed by atoms with Crippen LogP contribution in [-0.2, 0) is 9.53 Å². The molecule has 2 aliphatic heterocycles. The molecule has 0 aromatic carbocycles. The quantitative estimate of drug-likeness (QED) is 0.752. The molecule has 0 bridgehead atoms. The van der Waals surface area contributed by atoms with Gasteiger partial charge in [-0.15, -0.1) is 0 Å². The first-order chi connectivity index (χ1) is 8.18. The fraction of sp³-hybridized carbons (Fsp3) is 0.786. The number of rotatable bonds is 4. The van der Waals surface area contributed by atoms with Crippen LogP contribution in [0.5, 0.6) is 0 Å². The standard InChI is InChI=1S/C14H23NO2/c1-3-14(2,15-8-4-5-9-15)13(16)12-7-6-10-17-11-12/h11H,3-10H2,1-2H3. The molecular formula is C14H23NO2. The van der Waals surface area contributed by atoms with E-state index in [0.29, 0.717) is 0 Å². The minimum atomic E-state index is -0.316. The summed E-state index contributed by atoms with van der Waals surface area (Å²) in [4.78, 5) is 15.0. The molecule has 1 unspecified atom stereocenters. The van der Waals surface area contributed by atoms with Gasteiger partial charge in [0.05, 0.1) is 18.4 Å². The van der Waals surface area contributed by atoms with Crippen molar-refractivity contribution in [2.24, 2.45) is 0 Å². The average molecular weight is 237 g/mol. The molecule has 0 N–H and O–H groups in total. The summed E-state index contributed by atoms with van der Waals surface area (Å²) in [6.45, 7) is 7.08. The van der Waals surface area contributed by atoms with Crippen LogP contribution in [0.1, 0.15) is 46.0 Å². The van der Waals surface area contributed by atoms with E-state index >= 15 is 0 Å². The van der Waals surface area contributed by atoms with Gasteiger partial charge >= 0.3 is 0 Å². The smallest absolute Gasteiger partial charge is 0.181 e. The molecular weight excluding hydrogens is 214 g/mol. The van der Waals surface area contributed by atoms with Crippen molar-refractivity contribution in [3.8, 4) is 0 Å². The Morgan fingerprint density at radius 3 is 2.65 bits per heavy atom. The fourth-order valence-electron chi connectivity index (χ4n) is 2.82. The molecule has 2 aliphatic rings. The van der Waals surface area contributed by atoms with E-state index in [1.807, 2.05) is 0 Å². The zero-order valence-electron chi connectivity index (χ0n) is 11.0. The molecule has 0 aromatic rings. The van der Waals surface area contributed by atoms with Crippen LogP contribution in [-0.4, -0.2) is 35.9 Å². The molecule has 3 heteroatoms. The first-order valence-corrected chi connectivity index (χ1v) is 6.79. The molecule has 0 spiro atoms. The summed E-state index contributed by atoms with van der Waals surface area (Å²) in [5.41, 5.74) is 0.566. The Morgan fingerprint density at radius 2 is 2.12 bits per heavy atom. The molecule has 1 saturated heterocycles. The van der Waals surface area contributed by atoms with Gasteiger partial charge in [0, 0.05) is 5.57 Å². The van der Waals surface area contributed by atoms with E-state index in [1.165, 1.54) is 12.8 Å². The number of ether oxygens (including phenoxy) is 1. The Balaban J connectivity index is 2.15. The number of likely N-dealkylation sites (tertiary alicyclic amines) is 1. The lowest BCUT2D eigenvalue weighted by molar-refractivity contribution is -0.126. The summed E-state index contributed by atoms with van der Waals surface area (Å²) in [6.07, 6.45) is 6.86. The van der Waals surface area contributed by atoms with Crippen LogP contribution in [0.25, 0.3) is 0 Å². The summed E-state index contributed by atoms with van der Waals surface area (Å²) in [6, 6.07) is 0. The highest BCUT2D eigenvalue weighted by Gasteiger charge is 2.40. The highest BCUT2D eigenvalue weighted by Crippen LogP contribution is 2.30. The van der Waals surface area contributed by atoms with E-state index in [4.69, 9.17) is 4.74 Å². The maximum absolute atomic E-state index is 12.6. The SMILES string of the molecule is CCC(C)(C(=O)C1=COCCC1)N1CCCC1. The van der Waals surface area contributed by atoms with E-state index in [2.05, 4.69) is 18.7 Å². The fourth-order valence-corrected chi connectivity index (χ4v) is 2.82. The van der Waals surface area contributed by atoms with E-state index in [-0.39, 0.29) is 11.3 Å². The highest BCUT2D eigenvalue weighted by molar-refractivity contribution is 6.02. The third-order valence-electron chi connectivity index (χ3n) is 4.21. The molecule has 0 aromatic heterocycles. The van der Waals surface area contributed by atoms with Crippen LogP contribution in [0.3, 0.4) is 0 Å². The van der Waals surface area contributed by atoms with Gasteiger partial charge in [-0.05, 0) is 52.1 Å². The second kappa shape index (κ2) is 5.21. The molecule has 96 valence electrons. The van der Waals surface area contributed by atoms with Crippen molar-refractivity contribution in [1.29, 1.82) is 0 Å². The van der Waals surface area contributed by atoms with E-state index in [1.54, 1.807) is 6.26 Å². The normalized spacial score (nSPS) is 24.9. The lowest BCUT2D eigenvalue weighted by Gasteiger charge is -2.37. The molecule has 3 nitrogen and oxygen atoms in total. The maximum atomic E-state index is 12.6. The zero-order chi connectivity index (χ0) is 12.3. The third kappa shape index (κ3) is 2.39. The average Bonchev–Trinajstić information content (AvgIpc) is 2.92. The van der Waals surface area contributed by atoms with Crippen molar-refractivity contribution in [1.82, 2.24) is 4.90 Å². The van der Waals surface area contributed by atoms with Gasteiger partial charge in [-0.3, -0.25) is 9.69 Å². The topological polar surface area (TPSA) is 29.5 Å². The van der Waals surface area contributed by atoms with Crippen LogP contribution >= 0.6 is 0 Å². The molecule has 1 atom stereocenters. The molecule has 17 heavy (non-hydrogen) atoms. The van der Waals surface area contributed by atoms with Crippen molar-refractivity contribution in [3.63, 3.8) is 0 Å². The van der Waals surface area contributed by atoms with Gasteiger partial charge < -0.3 is 4.74 Å². The predicted molar refractivity (Wildman–Crippen MR) is 67.8 cm³/mol. The summed E-state index contributed by atoms with van der Waals surface area (Å²) < 4.78 is 5.30. The number of carbonyl (C=O) groups is 1. The summed E-state index contributed by atoms with van der Waals surface area (Å²) >= 11 is 0. The minimum Gasteiger partial charge on any atom is -0.501 e. The molecule has 0 saturated carbocycles. The predicted octanol–water partition coefficient (Wildman–Crippen LogP) is 2.51. The van der Waals surface area contributed by atoms with E-state index in [0.717, 1.165) is 44.5 Å². The van der Waals surface area contributed by atoms with Gasteiger partial charge in [0.15, 0.2) is 5.78 Å². The molecule has 0 radical (unpaired) electrons. The van der Waals surface area contributed by atoms with Gasteiger partial charge in [0.1, 0.15) is 0 Å². The second-order valence-corrected chi connectivity index (χ2v) is 5.27. The van der Waals surface area contributed by atoms with Gasteiger partial charge in [-0.25, -0.2) is 0 Å². The zero-order valence-corrected chi connectivity index (χ0v) is 11.0. The molecule has 2 rings (SSSR count). The third-order valence-corrected chi connectivity index (χ3v) is 4.21. The van der Waals surface area contributed by atoms with E-state index in [9.17, 15) is 4.79 Å². The Kier molecular flexibility index (Phi) is 3.87. The van der Waals surface area contributed by atoms with Crippen molar-refractivity contribution >= 4 is 5.78 Å². The van der Waals surface area contributed by atoms with Crippen LogP contribution in [0.15, 0.2) is 11.8 Å². The number of nitrogens with zero attached hydrogens (tertiary/aromatic N) is 1. The number of hydrogen-bond donors (Lipinski definition) is 0. The van der Waals surface area contributed by atoms with E-state index < -0.39 is 0 Å². The van der Waals surface area contributed by atoms with Gasteiger partial charge in [-0.1, -0.05) is 6.92 Å². The first kappa shape index (κ1) is 12.6. The summed E-state index contributed by atoms with van der Waals surface area (Å²) in [7, 11) is 0. The second-order valence-electron chi connectivity index (χ2n) is 5.27. The lowest BCUT2D eigenvalue weighted by Crippen LogP contribution is -2.51. The lowest BCUT2D eigenvalue weighted by atomic mass is 9.85. The van der Waals surface area contributed by atoms with Crippen molar-refractivity contribution in [2.45, 2.75) is 51.5 Å². The molecule has 1 fully saturated rings. The molecule has 0 aliphatic carbocycles. The first-order valence-electron chi connectivity index (χ1n) is 6.79. The number of carbonyl (C=O) groups excluding carboxylic acids is 1. The highest BCUT2D eigenvalue weighted by atomic mass is 16.5. The summed E-state index contributed by atoms with van der Waals surface area (Å²) in [5, 5.41) is 0. The number of Topliss-reactive ketones (excluding diaryl/α,β-unsaturated/α-hetero) is 1. The van der Waals surface area contributed by atoms with Gasteiger partial charge in [0.2, 0.25) is 0 Å². The molecule has 0 amide bonds. The summed E-state index contributed by atoms with van der Waals surface area (Å²) in [5.74, 6) is 0.279. The number of hydrogen-bond acceptors (Lipinski definition) is 3. The van der Waals surface area contributed by atoms with Crippen LogP contribution in [0, 0.1) is 0 Å². The Bertz CT molecular complexity index is 318. The maximum Gasteiger partial charge on any atom is 0.181 e. The Morgan fingerprint density at radius 1 is 1.41 bits per heavy atom. The number of ketones is 1. The van der Waals surface area contributed by atoms with Crippen LogP contribution < -0.4 is 0 Å². The molecule has 2 heterocycles. The Labute approximate surface area is 104 Å². The minimum absolute atomic E-state index is 0.279. The van der Waals surface area contributed by atoms with Crippen molar-refractivity contribution in [3.05, 3.63) is 11.8 Å². The van der Waals surface area contributed by atoms with Gasteiger partial charge in [-0.2, -0.15) is 0 Å². The van der Waals surface area contributed by atoms with Crippen LogP contribution in [0.4, 0.5) is 0 Å². The van der Waals surface area contributed by atoms with Gasteiger partial charge in [0.25, 0.3) is 0 Å². The van der Waals surface area contributed by atoms with Crippen molar-refractivity contribution in [2.75, 3.05) is 19.7 Å². The van der Waals surface area contributed by atoms with Crippen LogP contribution in [0.2, 0.25) is 0 Å². The van der Waals surface area contributed by atoms with Crippen molar-refractivity contribution < 1.29 is 9.53 Å². The largest absolute Gasteiger partial charge is 0.501 e. The Hall–Kier alpha value is -0.830.